The molecule has 1 aromatic carbocycles. The van der Waals surface area contributed by atoms with Crippen molar-refractivity contribution in [1.82, 2.24) is 13.9 Å². The van der Waals surface area contributed by atoms with Gasteiger partial charge in [-0.2, -0.15) is 5.26 Å². The molecule has 1 N–H and O–H groups in total. The van der Waals surface area contributed by atoms with Gasteiger partial charge >= 0.3 is 5.69 Å². The lowest BCUT2D eigenvalue weighted by molar-refractivity contribution is -0.384. The summed E-state index contributed by atoms with van der Waals surface area (Å²) in [6, 6.07) is 11.6. The average Bonchev–Trinajstić information content (AvgIpc) is 3.25. The van der Waals surface area contributed by atoms with Crippen molar-refractivity contribution in [2.75, 3.05) is 25.0 Å². The molecule has 1 fully saturated rings. The standard InChI is InChI=1S/C21H22N6O4S/c22-10-4-11-25-12-7-16(8-13-25)24-20-18-9-14-26(21(18)23-15-19(20)27(28)29)32(30,31)17-5-2-1-3-6-17/h1-3,5-6,9,14-16H,4,7-8,11-13H2,(H,23,24). The number of benzene rings is 1. The molecule has 3 heterocycles. The molecule has 0 radical (unpaired) electrons. The highest BCUT2D eigenvalue weighted by atomic mass is 32.2. The zero-order valence-electron chi connectivity index (χ0n) is 17.2. The zero-order chi connectivity index (χ0) is 22.7. The summed E-state index contributed by atoms with van der Waals surface area (Å²) in [5, 5.41) is 24.1. The smallest absolute Gasteiger partial charge is 0.311 e. The maximum Gasteiger partial charge on any atom is 0.311 e. The number of nitrogens with one attached hydrogen (secondary N) is 1. The normalized spacial score (nSPS) is 15.5. The minimum Gasteiger partial charge on any atom is -0.376 e. The molecule has 1 aliphatic rings. The van der Waals surface area contributed by atoms with Gasteiger partial charge in [0.1, 0.15) is 11.9 Å². The number of likely N-dealkylation sites (tertiary alicyclic amines) is 1. The largest absolute Gasteiger partial charge is 0.376 e. The average molecular weight is 455 g/mol. The van der Waals surface area contributed by atoms with E-state index in [9.17, 15) is 18.5 Å². The number of rotatable bonds is 7. The molecule has 0 unspecified atom stereocenters. The molecule has 0 atom stereocenters. The van der Waals surface area contributed by atoms with Crippen LogP contribution in [-0.4, -0.2) is 52.9 Å². The molecular weight excluding hydrogens is 432 g/mol. The van der Waals surface area contributed by atoms with Crippen LogP contribution in [0.1, 0.15) is 19.3 Å². The fourth-order valence-corrected chi connectivity index (χ4v) is 5.28. The van der Waals surface area contributed by atoms with E-state index in [1.165, 1.54) is 18.3 Å². The van der Waals surface area contributed by atoms with Crippen molar-refractivity contribution in [3.63, 3.8) is 0 Å². The number of pyridine rings is 1. The summed E-state index contributed by atoms with van der Waals surface area (Å²) >= 11 is 0. The van der Waals surface area contributed by atoms with Gasteiger partial charge in [-0.3, -0.25) is 10.1 Å². The molecule has 0 aliphatic carbocycles. The van der Waals surface area contributed by atoms with Gasteiger partial charge in [0.05, 0.1) is 21.3 Å². The fraction of sp³-hybridized carbons (Fsp3) is 0.333. The molecule has 1 aliphatic heterocycles. The SMILES string of the molecule is N#CCCN1CCC(Nc2c([N+](=O)[O-])cnc3c2ccn3S(=O)(=O)c2ccccc2)CC1. The van der Waals surface area contributed by atoms with Gasteiger partial charge in [0.15, 0.2) is 5.65 Å². The summed E-state index contributed by atoms with van der Waals surface area (Å²) in [7, 11) is -3.90. The van der Waals surface area contributed by atoms with Crippen LogP contribution in [0.25, 0.3) is 11.0 Å². The van der Waals surface area contributed by atoms with Gasteiger partial charge in [-0.25, -0.2) is 17.4 Å². The van der Waals surface area contributed by atoms with Gasteiger partial charge in [0.2, 0.25) is 0 Å². The summed E-state index contributed by atoms with van der Waals surface area (Å²) in [6.45, 7) is 2.28. The molecule has 0 bridgehead atoms. The number of aromatic nitrogens is 2. The highest BCUT2D eigenvalue weighted by Gasteiger charge is 2.27. The minimum atomic E-state index is -3.90. The third kappa shape index (κ3) is 4.15. The predicted octanol–water partition coefficient (Wildman–Crippen LogP) is 2.97. The van der Waals surface area contributed by atoms with Crippen molar-refractivity contribution < 1.29 is 13.3 Å². The fourth-order valence-electron chi connectivity index (χ4n) is 3.96. The van der Waals surface area contributed by atoms with Crippen LogP contribution in [0.4, 0.5) is 11.4 Å². The Labute approximate surface area is 185 Å². The second kappa shape index (κ2) is 8.94. The van der Waals surface area contributed by atoms with Gasteiger partial charge in [-0.15, -0.1) is 0 Å². The molecular formula is C21H22N6O4S. The van der Waals surface area contributed by atoms with Gasteiger partial charge in [-0.1, -0.05) is 18.2 Å². The van der Waals surface area contributed by atoms with Crippen molar-refractivity contribution in [1.29, 1.82) is 5.26 Å². The number of fused-ring (bicyclic) bond motifs is 1. The molecule has 11 heteroatoms. The summed E-state index contributed by atoms with van der Waals surface area (Å²) in [5.41, 5.74) is 0.213. The van der Waals surface area contributed by atoms with Gasteiger partial charge in [0.25, 0.3) is 10.0 Å². The van der Waals surface area contributed by atoms with Crippen molar-refractivity contribution in [3.05, 3.63) is 58.9 Å². The van der Waals surface area contributed by atoms with E-state index in [0.717, 1.165) is 36.1 Å². The predicted molar refractivity (Wildman–Crippen MR) is 119 cm³/mol. The van der Waals surface area contributed by atoms with Crippen LogP contribution < -0.4 is 5.32 Å². The Hall–Kier alpha value is -3.49. The van der Waals surface area contributed by atoms with Crippen molar-refractivity contribution in [3.8, 4) is 6.07 Å². The third-order valence-electron chi connectivity index (χ3n) is 5.63. The number of hydrogen-bond donors (Lipinski definition) is 1. The number of nitriles is 1. The zero-order valence-corrected chi connectivity index (χ0v) is 18.0. The molecule has 10 nitrogen and oxygen atoms in total. The van der Waals surface area contributed by atoms with Crippen LogP contribution in [0.2, 0.25) is 0 Å². The van der Waals surface area contributed by atoms with Crippen LogP contribution in [0.15, 0.2) is 53.7 Å². The van der Waals surface area contributed by atoms with Gasteiger partial charge < -0.3 is 10.2 Å². The summed E-state index contributed by atoms with van der Waals surface area (Å²) in [5.74, 6) is 0. The number of anilines is 1. The molecule has 1 saturated heterocycles. The monoisotopic (exact) mass is 454 g/mol. The molecule has 32 heavy (non-hydrogen) atoms. The van der Waals surface area contributed by atoms with Gasteiger partial charge in [-0.05, 0) is 31.0 Å². The van der Waals surface area contributed by atoms with E-state index < -0.39 is 14.9 Å². The Morgan fingerprint density at radius 1 is 1.22 bits per heavy atom. The lowest BCUT2D eigenvalue weighted by Gasteiger charge is -2.32. The van der Waals surface area contributed by atoms with E-state index in [0.29, 0.717) is 18.4 Å². The second-order valence-electron chi connectivity index (χ2n) is 7.61. The van der Waals surface area contributed by atoms with E-state index >= 15 is 0 Å². The maximum atomic E-state index is 13.1. The second-order valence-corrected chi connectivity index (χ2v) is 9.43. The molecule has 0 spiro atoms. The molecule has 0 amide bonds. The number of hydrogen-bond acceptors (Lipinski definition) is 8. The Bertz CT molecular complexity index is 1270. The Morgan fingerprint density at radius 3 is 2.59 bits per heavy atom. The Morgan fingerprint density at radius 2 is 1.94 bits per heavy atom. The van der Waals surface area contributed by atoms with E-state index in [-0.39, 0.29) is 28.0 Å². The van der Waals surface area contributed by atoms with Crippen molar-refractivity contribution in [2.24, 2.45) is 0 Å². The third-order valence-corrected chi connectivity index (χ3v) is 7.31. The Balaban J connectivity index is 1.67. The van der Waals surface area contributed by atoms with Crippen LogP contribution in [0.5, 0.6) is 0 Å². The van der Waals surface area contributed by atoms with Crippen LogP contribution >= 0.6 is 0 Å². The van der Waals surface area contributed by atoms with Crippen molar-refractivity contribution in [2.45, 2.75) is 30.2 Å². The topological polar surface area (TPSA) is 134 Å². The number of piperidine rings is 1. The molecule has 0 saturated carbocycles. The summed E-state index contributed by atoms with van der Waals surface area (Å²) < 4.78 is 27.2. The lowest BCUT2D eigenvalue weighted by Crippen LogP contribution is -2.39. The van der Waals surface area contributed by atoms with E-state index in [4.69, 9.17) is 5.26 Å². The summed E-state index contributed by atoms with van der Waals surface area (Å²) in [4.78, 5) is 17.6. The van der Waals surface area contributed by atoms with Crippen LogP contribution in [0.3, 0.4) is 0 Å². The molecule has 166 valence electrons. The highest BCUT2D eigenvalue weighted by molar-refractivity contribution is 7.90. The molecule has 2 aromatic heterocycles. The first-order valence-corrected chi connectivity index (χ1v) is 11.7. The van der Waals surface area contributed by atoms with Crippen LogP contribution in [0, 0.1) is 21.4 Å². The first-order valence-electron chi connectivity index (χ1n) is 10.2. The van der Waals surface area contributed by atoms with Gasteiger partial charge in [0, 0.05) is 38.3 Å². The first kappa shape index (κ1) is 21.7. The summed E-state index contributed by atoms with van der Waals surface area (Å²) in [6.07, 6.45) is 4.46. The van der Waals surface area contributed by atoms with E-state index in [2.05, 4.69) is 21.3 Å². The first-order chi connectivity index (χ1) is 15.4. The lowest BCUT2D eigenvalue weighted by atomic mass is 10.0. The van der Waals surface area contributed by atoms with E-state index in [1.807, 2.05) is 0 Å². The quantitative estimate of drug-likeness (QED) is 0.425. The minimum absolute atomic E-state index is 0.00767. The molecule has 3 aromatic rings. The maximum absolute atomic E-state index is 13.1. The van der Waals surface area contributed by atoms with E-state index in [1.54, 1.807) is 24.3 Å². The van der Waals surface area contributed by atoms with Crippen LogP contribution in [-0.2, 0) is 10.0 Å². The Kier molecular flexibility index (Phi) is 6.07. The van der Waals surface area contributed by atoms with Crippen molar-refractivity contribution >= 4 is 32.4 Å². The number of nitro groups is 1. The molecule has 4 rings (SSSR count). The highest BCUT2D eigenvalue weighted by Crippen LogP contribution is 2.35. The number of nitrogens with zero attached hydrogens (tertiary/aromatic N) is 5.